The first-order valence-electron chi connectivity index (χ1n) is 10.0. The highest BCUT2D eigenvalue weighted by molar-refractivity contribution is 7.22. The summed E-state index contributed by atoms with van der Waals surface area (Å²) in [6.07, 6.45) is 1.76. The third-order valence-electron chi connectivity index (χ3n) is 5.10. The molecule has 10 heteroatoms. The number of rotatable bonds is 5. The SMILES string of the molecule is COc1ccc2nc(NC(=O)C(C)NC(=O)N3CCN(c4ccccn4)CC3)sc2c1. The molecule has 31 heavy (non-hydrogen) atoms. The normalized spacial score (nSPS) is 14.9. The quantitative estimate of drug-likeness (QED) is 0.633. The van der Waals surface area contributed by atoms with Crippen molar-refractivity contribution in [2.45, 2.75) is 13.0 Å². The van der Waals surface area contributed by atoms with Gasteiger partial charge in [-0.25, -0.2) is 14.8 Å². The van der Waals surface area contributed by atoms with E-state index in [0.717, 1.165) is 21.8 Å². The van der Waals surface area contributed by atoms with E-state index in [4.69, 9.17) is 4.74 Å². The van der Waals surface area contributed by atoms with Crippen LogP contribution in [-0.4, -0.2) is 66.1 Å². The number of benzene rings is 1. The summed E-state index contributed by atoms with van der Waals surface area (Å²) >= 11 is 1.36. The Labute approximate surface area is 184 Å². The van der Waals surface area contributed by atoms with Gasteiger partial charge in [0.25, 0.3) is 0 Å². The summed E-state index contributed by atoms with van der Waals surface area (Å²) in [6.45, 7) is 4.18. The van der Waals surface area contributed by atoms with E-state index in [1.807, 2.05) is 36.4 Å². The van der Waals surface area contributed by atoms with Crippen molar-refractivity contribution < 1.29 is 14.3 Å². The molecule has 162 valence electrons. The predicted molar refractivity (Wildman–Crippen MR) is 121 cm³/mol. The van der Waals surface area contributed by atoms with Crippen molar-refractivity contribution >= 4 is 44.4 Å². The van der Waals surface area contributed by atoms with Crippen molar-refractivity contribution in [1.82, 2.24) is 20.2 Å². The maximum absolute atomic E-state index is 12.6. The lowest BCUT2D eigenvalue weighted by Crippen LogP contribution is -2.54. The Balaban J connectivity index is 1.29. The maximum Gasteiger partial charge on any atom is 0.318 e. The summed E-state index contributed by atoms with van der Waals surface area (Å²) in [7, 11) is 1.60. The maximum atomic E-state index is 12.6. The molecule has 0 spiro atoms. The van der Waals surface area contributed by atoms with E-state index in [-0.39, 0.29) is 11.9 Å². The van der Waals surface area contributed by atoms with E-state index < -0.39 is 6.04 Å². The fourth-order valence-electron chi connectivity index (χ4n) is 3.32. The summed E-state index contributed by atoms with van der Waals surface area (Å²) in [6, 6.07) is 10.4. The number of nitrogens with zero attached hydrogens (tertiary/aromatic N) is 4. The number of carbonyl (C=O) groups excluding carboxylic acids is 2. The topological polar surface area (TPSA) is 99.7 Å². The number of carbonyl (C=O) groups is 2. The van der Waals surface area contributed by atoms with Crippen LogP contribution in [0.25, 0.3) is 10.2 Å². The molecule has 1 atom stereocenters. The van der Waals surface area contributed by atoms with Crippen LogP contribution in [0.15, 0.2) is 42.6 Å². The first-order valence-corrected chi connectivity index (χ1v) is 10.8. The first kappa shape index (κ1) is 20.9. The first-order chi connectivity index (χ1) is 15.0. The van der Waals surface area contributed by atoms with Gasteiger partial charge in [0.1, 0.15) is 17.6 Å². The highest BCUT2D eigenvalue weighted by atomic mass is 32.1. The number of thiazole rings is 1. The van der Waals surface area contributed by atoms with Crippen LogP contribution in [0.4, 0.5) is 15.7 Å². The van der Waals surface area contributed by atoms with Gasteiger partial charge in [0.05, 0.1) is 17.3 Å². The number of fused-ring (bicyclic) bond motifs is 1. The highest BCUT2D eigenvalue weighted by Gasteiger charge is 2.25. The summed E-state index contributed by atoms with van der Waals surface area (Å²) in [4.78, 5) is 37.8. The van der Waals surface area contributed by atoms with Gasteiger partial charge in [-0.15, -0.1) is 0 Å². The molecule has 4 rings (SSSR count). The van der Waals surface area contributed by atoms with Crippen LogP contribution in [0.2, 0.25) is 0 Å². The van der Waals surface area contributed by atoms with Gasteiger partial charge in [-0.05, 0) is 37.3 Å². The summed E-state index contributed by atoms with van der Waals surface area (Å²) in [5, 5.41) is 6.04. The number of amides is 3. The van der Waals surface area contributed by atoms with E-state index in [2.05, 4.69) is 25.5 Å². The van der Waals surface area contributed by atoms with Gasteiger partial charge in [-0.3, -0.25) is 4.79 Å². The zero-order chi connectivity index (χ0) is 21.8. The molecule has 2 aromatic heterocycles. The lowest BCUT2D eigenvalue weighted by molar-refractivity contribution is -0.117. The fraction of sp³-hybridized carbons (Fsp3) is 0.333. The molecular weight excluding hydrogens is 416 g/mol. The molecule has 1 aliphatic heterocycles. The molecule has 1 unspecified atom stereocenters. The molecule has 0 aliphatic carbocycles. The standard InChI is InChI=1S/C21H24N6O3S/c1-14(19(28)25-20-24-16-7-6-15(30-2)13-17(16)31-20)23-21(29)27-11-9-26(10-12-27)18-5-3-4-8-22-18/h3-8,13-14H,9-12H2,1-2H3,(H,23,29)(H,24,25,28). The van der Waals surface area contributed by atoms with Crippen LogP contribution in [0, 0.1) is 0 Å². The number of nitrogens with one attached hydrogen (secondary N) is 2. The number of piperazine rings is 1. The largest absolute Gasteiger partial charge is 0.497 e. The van der Waals surface area contributed by atoms with E-state index in [1.54, 1.807) is 25.1 Å². The van der Waals surface area contributed by atoms with Crippen molar-refractivity contribution in [3.63, 3.8) is 0 Å². The zero-order valence-electron chi connectivity index (χ0n) is 17.4. The minimum atomic E-state index is -0.692. The number of anilines is 2. The number of hydrogen-bond donors (Lipinski definition) is 2. The summed E-state index contributed by atoms with van der Waals surface area (Å²) in [5.74, 6) is 1.33. The van der Waals surface area contributed by atoms with E-state index in [0.29, 0.717) is 31.3 Å². The molecule has 2 N–H and O–H groups in total. The second-order valence-corrected chi connectivity index (χ2v) is 8.21. The van der Waals surface area contributed by atoms with Crippen LogP contribution in [0.3, 0.4) is 0 Å². The number of methoxy groups -OCH3 is 1. The van der Waals surface area contributed by atoms with Crippen LogP contribution in [-0.2, 0) is 4.79 Å². The summed E-state index contributed by atoms with van der Waals surface area (Å²) < 4.78 is 6.13. The summed E-state index contributed by atoms with van der Waals surface area (Å²) in [5.41, 5.74) is 0.781. The van der Waals surface area contributed by atoms with Gasteiger partial charge >= 0.3 is 6.03 Å². The van der Waals surface area contributed by atoms with Crippen LogP contribution in [0.1, 0.15) is 6.92 Å². The number of aromatic nitrogens is 2. The Bertz CT molecular complexity index is 1070. The molecule has 0 radical (unpaired) electrons. The monoisotopic (exact) mass is 440 g/mol. The molecule has 1 saturated heterocycles. The van der Waals surface area contributed by atoms with E-state index in [1.165, 1.54) is 11.3 Å². The molecule has 1 fully saturated rings. The number of hydrogen-bond acceptors (Lipinski definition) is 7. The second kappa shape index (κ2) is 9.17. The molecule has 3 heterocycles. The van der Waals surface area contributed by atoms with Crippen molar-refractivity contribution in [1.29, 1.82) is 0 Å². The fourth-order valence-corrected chi connectivity index (χ4v) is 4.22. The Hall–Kier alpha value is -3.40. The van der Waals surface area contributed by atoms with Gasteiger partial charge in [-0.2, -0.15) is 0 Å². The molecule has 3 amide bonds. The third kappa shape index (κ3) is 4.85. The third-order valence-corrected chi connectivity index (χ3v) is 6.03. The van der Waals surface area contributed by atoms with Crippen molar-refractivity contribution in [3.8, 4) is 5.75 Å². The van der Waals surface area contributed by atoms with Gasteiger partial charge in [0.15, 0.2) is 5.13 Å². The molecule has 3 aromatic rings. The van der Waals surface area contributed by atoms with Crippen molar-refractivity contribution in [2.24, 2.45) is 0 Å². The van der Waals surface area contributed by atoms with E-state index >= 15 is 0 Å². The number of urea groups is 1. The molecule has 0 bridgehead atoms. The molecule has 9 nitrogen and oxygen atoms in total. The second-order valence-electron chi connectivity index (χ2n) is 7.18. The molecule has 1 aliphatic rings. The lowest BCUT2D eigenvalue weighted by atomic mass is 10.3. The average molecular weight is 441 g/mol. The number of pyridine rings is 1. The predicted octanol–water partition coefficient (Wildman–Crippen LogP) is 2.56. The molecule has 1 aromatic carbocycles. The van der Waals surface area contributed by atoms with Gasteiger partial charge in [-0.1, -0.05) is 17.4 Å². The zero-order valence-corrected chi connectivity index (χ0v) is 18.2. The minimum Gasteiger partial charge on any atom is -0.497 e. The highest BCUT2D eigenvalue weighted by Crippen LogP contribution is 2.29. The Morgan fingerprint density at radius 3 is 2.68 bits per heavy atom. The van der Waals surface area contributed by atoms with Crippen LogP contribution < -0.4 is 20.3 Å². The van der Waals surface area contributed by atoms with Crippen LogP contribution >= 0.6 is 11.3 Å². The van der Waals surface area contributed by atoms with Crippen LogP contribution in [0.5, 0.6) is 5.75 Å². The Kier molecular flexibility index (Phi) is 6.17. The van der Waals surface area contributed by atoms with Gasteiger partial charge < -0.3 is 25.2 Å². The minimum absolute atomic E-state index is 0.252. The number of ether oxygens (including phenoxy) is 1. The molecular formula is C21H24N6O3S. The van der Waals surface area contributed by atoms with E-state index in [9.17, 15) is 9.59 Å². The Morgan fingerprint density at radius 2 is 1.97 bits per heavy atom. The Morgan fingerprint density at radius 1 is 1.16 bits per heavy atom. The van der Waals surface area contributed by atoms with Crippen molar-refractivity contribution in [3.05, 3.63) is 42.6 Å². The van der Waals surface area contributed by atoms with Gasteiger partial charge in [0.2, 0.25) is 5.91 Å². The van der Waals surface area contributed by atoms with Crippen molar-refractivity contribution in [2.75, 3.05) is 43.5 Å². The molecule has 0 saturated carbocycles. The smallest absolute Gasteiger partial charge is 0.318 e. The van der Waals surface area contributed by atoms with Gasteiger partial charge in [0, 0.05) is 32.4 Å². The average Bonchev–Trinajstić information content (AvgIpc) is 3.21. The lowest BCUT2D eigenvalue weighted by Gasteiger charge is -2.35.